The zero-order chi connectivity index (χ0) is 16.8. The van der Waals surface area contributed by atoms with Gasteiger partial charge in [0.25, 0.3) is 5.91 Å². The van der Waals surface area contributed by atoms with Crippen molar-refractivity contribution in [2.24, 2.45) is 0 Å². The average molecular weight is 327 g/mol. The smallest absolute Gasteiger partial charge is 0.338 e. The summed E-state index contributed by atoms with van der Waals surface area (Å²) < 4.78 is 27.5. The molecule has 0 aliphatic carbocycles. The molecule has 122 valence electrons. The van der Waals surface area contributed by atoms with Gasteiger partial charge in [-0.2, -0.15) is 0 Å². The summed E-state index contributed by atoms with van der Waals surface area (Å²) in [6.07, 6.45) is 2.89. The van der Waals surface area contributed by atoms with Crippen LogP contribution in [0, 0.1) is 0 Å². The lowest BCUT2D eigenvalue weighted by atomic mass is 10.2. The Morgan fingerprint density at radius 2 is 1.82 bits per heavy atom. The molecule has 1 aromatic carbocycles. The number of hydrogen-bond acceptors (Lipinski definition) is 5. The molecule has 0 aliphatic rings. The van der Waals surface area contributed by atoms with Crippen molar-refractivity contribution >= 4 is 21.7 Å². The first-order valence-corrected chi connectivity index (χ1v) is 8.89. The van der Waals surface area contributed by atoms with Crippen LogP contribution in [0.5, 0.6) is 0 Å². The molecule has 0 bridgehead atoms. The van der Waals surface area contributed by atoms with Crippen LogP contribution < -0.4 is 5.32 Å². The molecule has 0 aliphatic heterocycles. The second kappa shape index (κ2) is 7.93. The zero-order valence-corrected chi connectivity index (χ0v) is 13.8. The fourth-order valence-electron chi connectivity index (χ4n) is 1.87. The Morgan fingerprint density at radius 1 is 1.23 bits per heavy atom. The van der Waals surface area contributed by atoms with Gasteiger partial charge in [-0.15, -0.1) is 0 Å². The highest BCUT2D eigenvalue weighted by molar-refractivity contribution is 7.90. The molecule has 0 fully saturated rings. The van der Waals surface area contributed by atoms with Gasteiger partial charge in [-0.25, -0.2) is 13.2 Å². The normalized spacial score (nSPS) is 12.5. The Morgan fingerprint density at radius 3 is 2.32 bits per heavy atom. The molecule has 6 nitrogen and oxygen atoms in total. The van der Waals surface area contributed by atoms with E-state index in [1.54, 1.807) is 0 Å². The minimum atomic E-state index is -3.31. The molecule has 1 aromatic rings. The standard InChI is InChI=1S/C15H21NO5S/c1-4-5-11(2)16-14(17)10-21-15(18)12-6-8-13(9-7-12)22(3,19)20/h6-9,11H,4-5,10H2,1-3H3,(H,16,17)/t11-/m1/s1. The summed E-state index contributed by atoms with van der Waals surface area (Å²) in [7, 11) is -3.31. The Labute approximate surface area is 130 Å². The Balaban J connectivity index is 2.54. The van der Waals surface area contributed by atoms with E-state index >= 15 is 0 Å². The average Bonchev–Trinajstić information content (AvgIpc) is 2.44. The minimum absolute atomic E-state index is 0.0326. The number of amides is 1. The van der Waals surface area contributed by atoms with E-state index in [-0.39, 0.29) is 29.0 Å². The fraction of sp³-hybridized carbons (Fsp3) is 0.467. The molecule has 0 saturated heterocycles. The maximum absolute atomic E-state index is 11.8. The summed E-state index contributed by atoms with van der Waals surface area (Å²) >= 11 is 0. The Kier molecular flexibility index (Phi) is 6.55. The number of hydrogen-bond donors (Lipinski definition) is 1. The molecule has 1 N–H and O–H groups in total. The number of sulfone groups is 1. The highest BCUT2D eigenvalue weighted by Gasteiger charge is 2.13. The number of nitrogens with one attached hydrogen (secondary N) is 1. The van der Waals surface area contributed by atoms with Crippen molar-refractivity contribution in [3.05, 3.63) is 29.8 Å². The Bertz CT molecular complexity index is 622. The molecular weight excluding hydrogens is 306 g/mol. The molecule has 0 unspecified atom stereocenters. The highest BCUT2D eigenvalue weighted by Crippen LogP contribution is 2.11. The van der Waals surface area contributed by atoms with Gasteiger partial charge in [0.05, 0.1) is 10.5 Å². The SMILES string of the molecule is CCC[C@@H](C)NC(=O)COC(=O)c1ccc(S(C)(=O)=O)cc1. The van der Waals surface area contributed by atoms with Crippen LogP contribution in [-0.4, -0.2) is 39.2 Å². The molecule has 22 heavy (non-hydrogen) atoms. The number of ether oxygens (including phenoxy) is 1. The van der Waals surface area contributed by atoms with E-state index in [4.69, 9.17) is 4.74 Å². The minimum Gasteiger partial charge on any atom is -0.452 e. The molecule has 0 saturated carbocycles. The third-order valence-corrected chi connectivity index (χ3v) is 4.11. The second-order valence-corrected chi connectivity index (χ2v) is 7.15. The third-order valence-electron chi connectivity index (χ3n) is 2.98. The van der Waals surface area contributed by atoms with Crippen LogP contribution in [0.15, 0.2) is 29.2 Å². The number of benzene rings is 1. The first-order chi connectivity index (χ1) is 10.2. The van der Waals surface area contributed by atoms with E-state index in [9.17, 15) is 18.0 Å². The van der Waals surface area contributed by atoms with Crippen LogP contribution in [0.25, 0.3) is 0 Å². The summed E-state index contributed by atoms with van der Waals surface area (Å²) in [5.74, 6) is -1.03. The number of carbonyl (C=O) groups is 2. The van der Waals surface area contributed by atoms with Crippen molar-refractivity contribution in [2.75, 3.05) is 12.9 Å². The van der Waals surface area contributed by atoms with Crippen LogP contribution in [0.3, 0.4) is 0 Å². The number of carbonyl (C=O) groups excluding carboxylic acids is 2. The Hall–Kier alpha value is -1.89. The van der Waals surface area contributed by atoms with Gasteiger partial charge in [-0.3, -0.25) is 4.79 Å². The van der Waals surface area contributed by atoms with Crippen molar-refractivity contribution in [2.45, 2.75) is 37.6 Å². The number of esters is 1. The van der Waals surface area contributed by atoms with Crippen LogP contribution in [0.4, 0.5) is 0 Å². The zero-order valence-electron chi connectivity index (χ0n) is 13.0. The molecule has 7 heteroatoms. The van der Waals surface area contributed by atoms with Gasteiger partial charge in [0, 0.05) is 12.3 Å². The van der Waals surface area contributed by atoms with Gasteiger partial charge < -0.3 is 10.1 Å². The van der Waals surface area contributed by atoms with E-state index in [1.165, 1.54) is 24.3 Å². The van der Waals surface area contributed by atoms with E-state index in [2.05, 4.69) is 5.32 Å². The third kappa shape index (κ3) is 5.85. The predicted octanol–water partition coefficient (Wildman–Crippen LogP) is 1.55. The molecule has 1 atom stereocenters. The first kappa shape index (κ1) is 18.2. The summed E-state index contributed by atoms with van der Waals surface area (Å²) in [5.41, 5.74) is 0.196. The van der Waals surface area contributed by atoms with E-state index < -0.39 is 15.8 Å². The van der Waals surface area contributed by atoms with Gasteiger partial charge >= 0.3 is 5.97 Å². The fourth-order valence-corrected chi connectivity index (χ4v) is 2.50. The maximum Gasteiger partial charge on any atom is 0.338 e. The highest BCUT2D eigenvalue weighted by atomic mass is 32.2. The van der Waals surface area contributed by atoms with Crippen molar-refractivity contribution in [3.63, 3.8) is 0 Å². The van der Waals surface area contributed by atoms with E-state index in [0.717, 1.165) is 19.1 Å². The van der Waals surface area contributed by atoms with Gasteiger partial charge in [0.15, 0.2) is 16.4 Å². The number of rotatable bonds is 7. The van der Waals surface area contributed by atoms with Gasteiger partial charge in [-0.05, 0) is 37.6 Å². The molecular formula is C15H21NO5S. The molecule has 0 radical (unpaired) electrons. The molecule has 1 rings (SSSR count). The summed E-state index contributed by atoms with van der Waals surface area (Å²) in [6, 6.07) is 5.40. The van der Waals surface area contributed by atoms with Crippen LogP contribution in [0.2, 0.25) is 0 Å². The van der Waals surface area contributed by atoms with Crippen molar-refractivity contribution < 1.29 is 22.7 Å². The van der Waals surface area contributed by atoms with Gasteiger partial charge in [-0.1, -0.05) is 13.3 Å². The summed E-state index contributed by atoms with van der Waals surface area (Å²) in [5, 5.41) is 2.72. The first-order valence-electron chi connectivity index (χ1n) is 7.00. The monoisotopic (exact) mass is 327 g/mol. The van der Waals surface area contributed by atoms with Crippen LogP contribution >= 0.6 is 0 Å². The lowest BCUT2D eigenvalue weighted by Gasteiger charge is -2.12. The molecule has 0 heterocycles. The summed E-state index contributed by atoms with van der Waals surface area (Å²) in [6.45, 7) is 3.54. The molecule has 0 spiro atoms. The van der Waals surface area contributed by atoms with Crippen molar-refractivity contribution in [3.8, 4) is 0 Å². The van der Waals surface area contributed by atoms with E-state index in [0.29, 0.717) is 0 Å². The van der Waals surface area contributed by atoms with Crippen LogP contribution in [0.1, 0.15) is 37.0 Å². The second-order valence-electron chi connectivity index (χ2n) is 5.13. The van der Waals surface area contributed by atoms with Crippen molar-refractivity contribution in [1.29, 1.82) is 0 Å². The lowest BCUT2D eigenvalue weighted by Crippen LogP contribution is -2.35. The summed E-state index contributed by atoms with van der Waals surface area (Å²) in [4.78, 5) is 23.5. The largest absolute Gasteiger partial charge is 0.452 e. The lowest BCUT2D eigenvalue weighted by molar-refractivity contribution is -0.124. The maximum atomic E-state index is 11.8. The molecule has 1 amide bonds. The predicted molar refractivity (Wildman–Crippen MR) is 82.3 cm³/mol. The van der Waals surface area contributed by atoms with E-state index in [1.807, 2.05) is 13.8 Å². The quantitative estimate of drug-likeness (QED) is 0.768. The van der Waals surface area contributed by atoms with Gasteiger partial charge in [0.1, 0.15) is 0 Å². The van der Waals surface area contributed by atoms with Gasteiger partial charge in [0.2, 0.25) is 0 Å². The topological polar surface area (TPSA) is 89.5 Å². The molecule has 0 aromatic heterocycles. The van der Waals surface area contributed by atoms with Crippen LogP contribution in [-0.2, 0) is 19.4 Å². The van der Waals surface area contributed by atoms with Crippen molar-refractivity contribution in [1.82, 2.24) is 5.32 Å².